The van der Waals surface area contributed by atoms with Crippen LogP contribution in [-0.4, -0.2) is 56.7 Å². The molecule has 3 aliphatic carbocycles. The molecule has 0 aliphatic heterocycles. The van der Waals surface area contributed by atoms with Gasteiger partial charge in [0.05, 0.1) is 12.7 Å². The van der Waals surface area contributed by atoms with E-state index < -0.39 is 43.0 Å². The molecule has 0 saturated heterocycles. The van der Waals surface area contributed by atoms with E-state index in [-0.39, 0.29) is 49.6 Å². The van der Waals surface area contributed by atoms with E-state index in [1.54, 1.807) is 6.07 Å². The number of hydrogen-bond acceptors (Lipinski definition) is 5. The summed E-state index contributed by atoms with van der Waals surface area (Å²) >= 11 is 0. The predicted molar refractivity (Wildman–Crippen MR) is 180 cm³/mol. The van der Waals surface area contributed by atoms with Gasteiger partial charge in [0, 0.05) is 12.7 Å². The minimum absolute atomic E-state index is 0.126. The number of hydrogen-bond donors (Lipinski definition) is 0. The first-order valence-electron chi connectivity index (χ1n) is 18.2. The number of aryl methyl sites for hydroxylation is 1. The van der Waals surface area contributed by atoms with Crippen LogP contribution >= 0.6 is 0 Å². The molecule has 3 aliphatic rings. The SMILES string of the molecule is C[C@]12CC[C@@H]3c4ccc(OCCOc5ccc(OCc6ccccc6)c(F)c5)cc4CC[C@H]3[C@@H]1CC[C@@H]2OCCCOC(C(F)(F)F)(C(F)(F)F)C(F)(F)F. The van der Waals surface area contributed by atoms with Crippen molar-refractivity contribution in [1.82, 2.24) is 0 Å². The highest BCUT2D eigenvalue weighted by Crippen LogP contribution is 2.62. The van der Waals surface area contributed by atoms with Gasteiger partial charge in [-0.25, -0.2) is 4.39 Å². The molecule has 2 saturated carbocycles. The third-order valence-corrected chi connectivity index (χ3v) is 11.5. The first kappa shape index (κ1) is 40.9. The summed E-state index contributed by atoms with van der Waals surface area (Å²) < 4.78 is 160. The Morgan fingerprint density at radius 1 is 0.691 bits per heavy atom. The molecule has 15 heteroatoms. The largest absolute Gasteiger partial charge is 0.490 e. The van der Waals surface area contributed by atoms with Crippen LogP contribution in [0.5, 0.6) is 17.2 Å². The molecule has 5 atom stereocenters. The standard InChI is InChI=1S/C40H42F10O5/c1-36-17-16-30-29-12-9-27(51-20-21-52-28-10-14-34(33(41)23-28)54-24-25-6-3-2-4-7-25)22-26(29)8-11-31(30)32(36)13-15-35(36)53-18-5-19-55-37(38(42,43)44,39(45,46)47)40(48,49)50/h2-4,6-7,9-10,12,14,22-23,30-32,35H,5,8,11,13,15-21,24H2,1H3/t30-,31-,32+,35+,36+/m1/s1. The van der Waals surface area contributed by atoms with Gasteiger partial charge < -0.3 is 23.7 Å². The molecule has 55 heavy (non-hydrogen) atoms. The first-order chi connectivity index (χ1) is 25.9. The van der Waals surface area contributed by atoms with Crippen molar-refractivity contribution in [1.29, 1.82) is 0 Å². The van der Waals surface area contributed by atoms with Crippen LogP contribution in [-0.2, 0) is 22.5 Å². The monoisotopic (exact) mass is 792 g/mol. The van der Waals surface area contributed by atoms with Crippen molar-refractivity contribution in [2.24, 2.45) is 17.3 Å². The molecular formula is C40H42F10O5. The number of halogens is 10. The number of alkyl halides is 9. The molecular weight excluding hydrogens is 750 g/mol. The van der Waals surface area contributed by atoms with Crippen LogP contribution in [0.3, 0.4) is 0 Å². The van der Waals surface area contributed by atoms with E-state index in [9.17, 15) is 43.9 Å². The van der Waals surface area contributed by atoms with Crippen LogP contribution in [0.4, 0.5) is 43.9 Å². The highest BCUT2D eigenvalue weighted by Gasteiger charge is 2.85. The molecule has 3 aromatic rings. The highest BCUT2D eigenvalue weighted by atomic mass is 19.4. The number of ether oxygens (including phenoxy) is 5. The predicted octanol–water partition coefficient (Wildman–Crippen LogP) is 10.9. The van der Waals surface area contributed by atoms with Gasteiger partial charge in [-0.15, -0.1) is 0 Å². The minimum atomic E-state index is -6.76. The van der Waals surface area contributed by atoms with Crippen molar-refractivity contribution in [3.8, 4) is 17.2 Å². The summed E-state index contributed by atoms with van der Waals surface area (Å²) in [5, 5.41) is 0. The fraction of sp³-hybridized carbons (Fsp3) is 0.550. The zero-order valence-electron chi connectivity index (χ0n) is 30.0. The van der Waals surface area contributed by atoms with Gasteiger partial charge >= 0.3 is 24.1 Å². The van der Waals surface area contributed by atoms with Crippen LogP contribution in [0.15, 0.2) is 66.7 Å². The van der Waals surface area contributed by atoms with E-state index in [1.807, 2.05) is 42.5 Å². The number of fused-ring (bicyclic) bond motifs is 5. The molecule has 0 heterocycles. The normalized spacial score (nSPS) is 24.1. The highest BCUT2D eigenvalue weighted by molar-refractivity contribution is 5.41. The van der Waals surface area contributed by atoms with Crippen molar-refractivity contribution in [3.63, 3.8) is 0 Å². The molecule has 0 aromatic heterocycles. The van der Waals surface area contributed by atoms with Crippen LogP contribution in [0.1, 0.15) is 68.1 Å². The molecule has 0 unspecified atom stereocenters. The maximum Gasteiger partial charge on any atom is 0.435 e. The van der Waals surface area contributed by atoms with Crippen molar-refractivity contribution < 1.29 is 67.6 Å². The fourth-order valence-corrected chi connectivity index (χ4v) is 8.85. The molecule has 0 radical (unpaired) electrons. The van der Waals surface area contributed by atoms with Gasteiger partial charge in [0.2, 0.25) is 0 Å². The Balaban J connectivity index is 0.967. The fourth-order valence-electron chi connectivity index (χ4n) is 8.85. The summed E-state index contributed by atoms with van der Waals surface area (Å²) in [5.74, 6) is 1.52. The van der Waals surface area contributed by atoms with Crippen molar-refractivity contribution >= 4 is 0 Å². The van der Waals surface area contributed by atoms with Gasteiger partial charge in [-0.2, -0.15) is 39.5 Å². The molecule has 302 valence electrons. The Morgan fingerprint density at radius 3 is 2.00 bits per heavy atom. The maximum absolute atomic E-state index is 14.6. The van der Waals surface area contributed by atoms with Gasteiger partial charge in [-0.1, -0.05) is 43.3 Å². The van der Waals surface area contributed by atoms with Crippen LogP contribution in [0.2, 0.25) is 0 Å². The Hall–Kier alpha value is -3.72. The Kier molecular flexibility index (Phi) is 11.9. The molecule has 2 fully saturated rings. The Morgan fingerprint density at radius 2 is 1.35 bits per heavy atom. The lowest BCUT2D eigenvalue weighted by atomic mass is 9.55. The minimum Gasteiger partial charge on any atom is -0.490 e. The lowest BCUT2D eigenvalue weighted by Crippen LogP contribution is -2.67. The Bertz CT molecular complexity index is 1710. The van der Waals surface area contributed by atoms with E-state index in [2.05, 4.69) is 17.7 Å². The summed E-state index contributed by atoms with van der Waals surface area (Å²) in [7, 11) is 0. The summed E-state index contributed by atoms with van der Waals surface area (Å²) in [6.45, 7) is 0.976. The van der Waals surface area contributed by atoms with Crippen LogP contribution < -0.4 is 14.2 Å². The Labute approximate surface area is 312 Å². The molecule has 0 amide bonds. The topological polar surface area (TPSA) is 46.2 Å². The third-order valence-electron chi connectivity index (χ3n) is 11.5. The zero-order valence-corrected chi connectivity index (χ0v) is 30.0. The third kappa shape index (κ3) is 8.38. The second kappa shape index (κ2) is 16.0. The average Bonchev–Trinajstić information content (AvgIpc) is 3.45. The van der Waals surface area contributed by atoms with Gasteiger partial charge in [-0.05, 0) is 109 Å². The molecule has 5 nitrogen and oxygen atoms in total. The summed E-state index contributed by atoms with van der Waals surface area (Å²) in [5.41, 5.74) is -3.21. The summed E-state index contributed by atoms with van der Waals surface area (Å²) in [6, 6.07) is 19.9. The summed E-state index contributed by atoms with van der Waals surface area (Å²) in [4.78, 5) is 0. The van der Waals surface area contributed by atoms with Gasteiger partial charge in [-0.3, -0.25) is 0 Å². The zero-order chi connectivity index (χ0) is 39.6. The molecule has 0 bridgehead atoms. The van der Waals surface area contributed by atoms with E-state index >= 15 is 0 Å². The number of rotatable bonds is 14. The van der Waals surface area contributed by atoms with Crippen LogP contribution in [0.25, 0.3) is 0 Å². The molecule has 0 N–H and O–H groups in total. The van der Waals surface area contributed by atoms with Gasteiger partial charge in [0.1, 0.15) is 31.3 Å². The maximum atomic E-state index is 14.6. The second-order valence-electron chi connectivity index (χ2n) is 14.7. The first-order valence-corrected chi connectivity index (χ1v) is 18.2. The number of benzene rings is 3. The lowest BCUT2D eigenvalue weighted by molar-refractivity contribution is -0.457. The van der Waals surface area contributed by atoms with Gasteiger partial charge in [0.25, 0.3) is 0 Å². The van der Waals surface area contributed by atoms with E-state index in [0.29, 0.717) is 29.8 Å². The van der Waals surface area contributed by atoms with E-state index in [0.717, 1.165) is 37.7 Å². The smallest absolute Gasteiger partial charge is 0.435 e. The average molecular weight is 793 g/mol. The van der Waals surface area contributed by atoms with Crippen molar-refractivity contribution in [2.45, 2.75) is 94.6 Å². The quantitative estimate of drug-likeness (QED) is 0.120. The molecule has 6 rings (SSSR count). The second-order valence-corrected chi connectivity index (χ2v) is 14.7. The van der Waals surface area contributed by atoms with Crippen molar-refractivity contribution in [3.05, 3.63) is 89.2 Å². The van der Waals surface area contributed by atoms with Crippen molar-refractivity contribution in [2.75, 3.05) is 26.4 Å². The summed E-state index contributed by atoms with van der Waals surface area (Å²) in [6.07, 6.45) is -16.4. The van der Waals surface area contributed by atoms with E-state index in [1.165, 1.54) is 23.3 Å². The lowest BCUT2D eigenvalue weighted by Gasteiger charge is -2.50. The van der Waals surface area contributed by atoms with E-state index in [4.69, 9.17) is 18.9 Å². The molecule has 3 aromatic carbocycles. The molecule has 0 spiro atoms. The van der Waals surface area contributed by atoms with Crippen LogP contribution in [0, 0.1) is 23.1 Å². The van der Waals surface area contributed by atoms with Gasteiger partial charge in [0.15, 0.2) is 11.6 Å².